The zero-order chi connectivity index (χ0) is 14.8. The molecule has 0 fully saturated rings. The predicted octanol–water partition coefficient (Wildman–Crippen LogP) is 1.20. The van der Waals surface area contributed by atoms with E-state index in [9.17, 15) is 4.79 Å². The lowest BCUT2D eigenvalue weighted by molar-refractivity contribution is 0.266. The summed E-state index contributed by atoms with van der Waals surface area (Å²) in [4.78, 5) is 14.5. The third kappa shape index (κ3) is 2.70. The smallest absolute Gasteiger partial charge is 0.292 e. The minimum absolute atomic E-state index is 0.00994. The van der Waals surface area contributed by atoms with Crippen LogP contribution in [0.2, 0.25) is 0 Å². The maximum absolute atomic E-state index is 12.1. The minimum atomic E-state index is -0.144. The molecule has 5 nitrogen and oxygen atoms in total. The largest absolute Gasteiger partial charge is 0.473 e. The second-order valence-electron chi connectivity index (χ2n) is 5.28. The molecule has 1 aromatic carbocycles. The summed E-state index contributed by atoms with van der Waals surface area (Å²) in [5, 5.41) is 0. The monoisotopic (exact) mass is 285 g/mol. The third-order valence-corrected chi connectivity index (χ3v) is 3.90. The number of pyridine rings is 1. The van der Waals surface area contributed by atoms with Crippen LogP contribution in [0.25, 0.3) is 0 Å². The van der Waals surface area contributed by atoms with E-state index in [0.717, 1.165) is 25.3 Å². The molecule has 0 amide bonds. The summed E-state index contributed by atoms with van der Waals surface area (Å²) >= 11 is 0. The molecule has 0 unspecified atom stereocenters. The van der Waals surface area contributed by atoms with Crippen molar-refractivity contribution in [3.05, 3.63) is 63.6 Å². The first-order chi connectivity index (χ1) is 10.2. The summed E-state index contributed by atoms with van der Waals surface area (Å²) in [5.41, 5.74) is 8.88. The van der Waals surface area contributed by atoms with Gasteiger partial charge in [0.1, 0.15) is 6.73 Å². The number of hydrogen-bond donors (Lipinski definition) is 1. The second-order valence-corrected chi connectivity index (χ2v) is 5.28. The Morgan fingerprint density at radius 3 is 2.43 bits per heavy atom. The highest BCUT2D eigenvalue weighted by Crippen LogP contribution is 2.23. The van der Waals surface area contributed by atoms with Gasteiger partial charge in [-0.15, -0.1) is 0 Å². The molecule has 2 aromatic rings. The van der Waals surface area contributed by atoms with Gasteiger partial charge in [-0.25, -0.2) is 0 Å². The molecule has 21 heavy (non-hydrogen) atoms. The minimum Gasteiger partial charge on any atom is -0.473 e. The van der Waals surface area contributed by atoms with Gasteiger partial charge in [0.2, 0.25) is 0 Å². The Labute approximate surface area is 123 Å². The second kappa shape index (κ2) is 5.71. The van der Waals surface area contributed by atoms with Crippen molar-refractivity contribution in [3.8, 4) is 5.75 Å². The van der Waals surface area contributed by atoms with Gasteiger partial charge in [-0.3, -0.25) is 15.4 Å². The molecule has 2 heterocycles. The number of rotatable bonds is 4. The molecule has 0 saturated carbocycles. The maximum Gasteiger partial charge on any atom is 0.292 e. The molecule has 110 valence electrons. The SMILES string of the molecule is Cn1c(CN2Cc3ccccc3C2)ccc(OCN)c1=O. The van der Waals surface area contributed by atoms with E-state index < -0.39 is 0 Å². The van der Waals surface area contributed by atoms with Crippen molar-refractivity contribution < 1.29 is 4.74 Å². The predicted molar refractivity (Wildman–Crippen MR) is 80.8 cm³/mol. The molecule has 0 bridgehead atoms. The Bertz CT molecular complexity index is 684. The standard InChI is InChI=1S/C16H19N3O2/c1-18-14(6-7-15(16(18)20)21-11-17)10-19-8-12-4-2-3-5-13(12)9-19/h2-7H,8-11,17H2,1H3. The highest BCUT2D eigenvalue weighted by Gasteiger charge is 2.19. The van der Waals surface area contributed by atoms with E-state index >= 15 is 0 Å². The summed E-state index contributed by atoms with van der Waals surface area (Å²) < 4.78 is 6.76. The molecule has 0 atom stereocenters. The van der Waals surface area contributed by atoms with E-state index in [4.69, 9.17) is 10.5 Å². The van der Waals surface area contributed by atoms with Crippen LogP contribution in [-0.4, -0.2) is 16.2 Å². The van der Waals surface area contributed by atoms with Crippen LogP contribution >= 0.6 is 0 Å². The van der Waals surface area contributed by atoms with Crippen LogP contribution in [0.1, 0.15) is 16.8 Å². The van der Waals surface area contributed by atoms with Gasteiger partial charge in [0, 0.05) is 32.4 Å². The normalized spacial score (nSPS) is 14.2. The fraction of sp³-hybridized carbons (Fsp3) is 0.312. The van der Waals surface area contributed by atoms with Gasteiger partial charge in [0.25, 0.3) is 5.56 Å². The van der Waals surface area contributed by atoms with E-state index in [2.05, 4.69) is 29.2 Å². The van der Waals surface area contributed by atoms with Crippen molar-refractivity contribution in [1.29, 1.82) is 0 Å². The van der Waals surface area contributed by atoms with Gasteiger partial charge in [-0.05, 0) is 23.3 Å². The summed E-state index contributed by atoms with van der Waals surface area (Å²) in [6.07, 6.45) is 0. The van der Waals surface area contributed by atoms with Crippen LogP contribution in [-0.2, 0) is 26.7 Å². The Kier molecular flexibility index (Phi) is 3.77. The van der Waals surface area contributed by atoms with Gasteiger partial charge >= 0.3 is 0 Å². The van der Waals surface area contributed by atoms with Crippen molar-refractivity contribution in [2.75, 3.05) is 6.73 Å². The maximum atomic E-state index is 12.1. The zero-order valence-corrected chi connectivity index (χ0v) is 12.1. The Balaban J connectivity index is 1.78. The lowest BCUT2D eigenvalue weighted by atomic mass is 10.1. The van der Waals surface area contributed by atoms with Gasteiger partial charge in [-0.1, -0.05) is 24.3 Å². The van der Waals surface area contributed by atoms with E-state index in [-0.39, 0.29) is 12.3 Å². The Hall–Kier alpha value is -2.11. The zero-order valence-electron chi connectivity index (χ0n) is 12.1. The molecular formula is C16H19N3O2. The fourth-order valence-electron chi connectivity index (χ4n) is 2.75. The van der Waals surface area contributed by atoms with E-state index in [1.54, 1.807) is 17.7 Å². The van der Waals surface area contributed by atoms with Crippen molar-refractivity contribution in [2.45, 2.75) is 19.6 Å². The number of benzene rings is 1. The van der Waals surface area contributed by atoms with Gasteiger partial charge in [0.05, 0.1) is 0 Å². The lowest BCUT2D eigenvalue weighted by Crippen LogP contribution is -2.27. The lowest BCUT2D eigenvalue weighted by Gasteiger charge is -2.17. The van der Waals surface area contributed by atoms with E-state index in [1.807, 2.05) is 6.07 Å². The quantitative estimate of drug-likeness (QED) is 0.857. The Morgan fingerprint density at radius 1 is 1.14 bits per heavy atom. The van der Waals surface area contributed by atoms with Crippen LogP contribution in [0, 0.1) is 0 Å². The molecule has 5 heteroatoms. The molecule has 0 radical (unpaired) electrons. The van der Waals surface area contributed by atoms with E-state index in [0.29, 0.717) is 5.75 Å². The van der Waals surface area contributed by atoms with Crippen molar-refractivity contribution in [3.63, 3.8) is 0 Å². The first-order valence-electron chi connectivity index (χ1n) is 7.00. The first kappa shape index (κ1) is 13.9. The summed E-state index contributed by atoms with van der Waals surface area (Å²) in [6, 6.07) is 12.1. The topological polar surface area (TPSA) is 60.5 Å². The van der Waals surface area contributed by atoms with Crippen LogP contribution in [0.4, 0.5) is 0 Å². The number of aromatic nitrogens is 1. The van der Waals surface area contributed by atoms with Crippen LogP contribution in [0.3, 0.4) is 0 Å². The third-order valence-electron chi connectivity index (χ3n) is 3.90. The van der Waals surface area contributed by atoms with Gasteiger partial charge < -0.3 is 9.30 Å². The van der Waals surface area contributed by atoms with Crippen molar-refractivity contribution in [2.24, 2.45) is 12.8 Å². The summed E-state index contributed by atoms with van der Waals surface area (Å²) in [7, 11) is 1.77. The molecule has 2 N–H and O–H groups in total. The highest BCUT2D eigenvalue weighted by atomic mass is 16.5. The molecular weight excluding hydrogens is 266 g/mol. The number of nitrogens with two attached hydrogens (primary N) is 1. The van der Waals surface area contributed by atoms with Gasteiger partial charge in [0.15, 0.2) is 5.75 Å². The molecule has 1 aliphatic rings. The number of hydrogen-bond acceptors (Lipinski definition) is 4. The van der Waals surface area contributed by atoms with E-state index in [1.165, 1.54) is 11.1 Å². The molecule has 0 spiro atoms. The summed E-state index contributed by atoms with van der Waals surface area (Å²) in [6.45, 7) is 2.59. The first-order valence-corrected chi connectivity index (χ1v) is 7.00. The van der Waals surface area contributed by atoms with Crippen LogP contribution < -0.4 is 16.0 Å². The van der Waals surface area contributed by atoms with Crippen molar-refractivity contribution in [1.82, 2.24) is 9.47 Å². The van der Waals surface area contributed by atoms with Crippen LogP contribution in [0.5, 0.6) is 5.75 Å². The molecule has 1 aliphatic heterocycles. The number of ether oxygens (including phenoxy) is 1. The summed E-state index contributed by atoms with van der Waals surface area (Å²) in [5.74, 6) is 0.299. The molecule has 0 saturated heterocycles. The van der Waals surface area contributed by atoms with Gasteiger partial charge in [-0.2, -0.15) is 0 Å². The van der Waals surface area contributed by atoms with Crippen LogP contribution in [0.15, 0.2) is 41.2 Å². The molecule has 0 aliphatic carbocycles. The molecule has 1 aromatic heterocycles. The molecule has 3 rings (SSSR count). The highest BCUT2D eigenvalue weighted by molar-refractivity contribution is 5.30. The average Bonchev–Trinajstić information content (AvgIpc) is 2.89. The fourth-order valence-corrected chi connectivity index (χ4v) is 2.75. The average molecular weight is 285 g/mol. The Morgan fingerprint density at radius 2 is 1.81 bits per heavy atom. The number of fused-ring (bicyclic) bond motifs is 1. The van der Waals surface area contributed by atoms with Crippen molar-refractivity contribution >= 4 is 0 Å². The number of nitrogens with zero attached hydrogens (tertiary/aromatic N) is 2.